The molecule has 1 saturated heterocycles. The number of nitrogens with two attached hydrogens (primary N) is 1. The van der Waals surface area contributed by atoms with Gasteiger partial charge in [0.2, 0.25) is 5.91 Å². The average Bonchev–Trinajstić information content (AvgIpc) is 2.20. The summed E-state index contributed by atoms with van der Waals surface area (Å²) in [6.07, 6.45) is 1.69. The van der Waals surface area contributed by atoms with Crippen LogP contribution in [0.15, 0.2) is 0 Å². The predicted octanol–water partition coefficient (Wildman–Crippen LogP) is -0.111. The summed E-state index contributed by atoms with van der Waals surface area (Å²) in [7, 11) is 0. The Morgan fingerprint density at radius 1 is 1.29 bits per heavy atom. The van der Waals surface area contributed by atoms with Gasteiger partial charge < -0.3 is 10.6 Å². The maximum Gasteiger partial charge on any atom is 0.223 e. The van der Waals surface area contributed by atoms with Crippen molar-refractivity contribution in [3.05, 3.63) is 0 Å². The fourth-order valence-corrected chi connectivity index (χ4v) is 1.82. The Hall–Kier alpha value is -0.610. The van der Waals surface area contributed by atoms with E-state index in [9.17, 15) is 4.79 Å². The second-order valence-corrected chi connectivity index (χ2v) is 3.76. The molecular weight excluding hydrogens is 178 g/mol. The molecule has 1 fully saturated rings. The van der Waals surface area contributed by atoms with E-state index >= 15 is 0 Å². The van der Waals surface area contributed by atoms with Crippen molar-refractivity contribution in [3.63, 3.8) is 0 Å². The minimum atomic E-state index is 0.212. The first-order chi connectivity index (χ1) is 6.77. The number of amides is 1. The van der Waals surface area contributed by atoms with E-state index in [-0.39, 0.29) is 5.91 Å². The van der Waals surface area contributed by atoms with Gasteiger partial charge in [-0.05, 0) is 13.0 Å². The van der Waals surface area contributed by atoms with E-state index in [1.165, 1.54) is 6.42 Å². The Labute approximate surface area is 86.0 Å². The molecule has 0 saturated carbocycles. The summed E-state index contributed by atoms with van der Waals surface area (Å²) < 4.78 is 0. The van der Waals surface area contributed by atoms with Crippen LogP contribution in [0.3, 0.4) is 0 Å². The maximum absolute atomic E-state index is 11.5. The van der Waals surface area contributed by atoms with Crippen LogP contribution in [0.1, 0.15) is 19.8 Å². The van der Waals surface area contributed by atoms with E-state index in [0.29, 0.717) is 13.0 Å². The molecule has 4 heteroatoms. The summed E-state index contributed by atoms with van der Waals surface area (Å²) in [6.45, 7) is 7.59. The molecule has 82 valence electrons. The highest BCUT2D eigenvalue weighted by Crippen LogP contribution is 2.03. The standard InChI is InChI=1S/C10H21N3O/c1-2-5-12-6-8-13(9-7-12)10(14)3-4-11/h2-9,11H2,1H3. The van der Waals surface area contributed by atoms with Gasteiger partial charge in [-0.1, -0.05) is 6.92 Å². The Morgan fingerprint density at radius 2 is 1.93 bits per heavy atom. The van der Waals surface area contributed by atoms with Crippen molar-refractivity contribution < 1.29 is 4.79 Å². The number of rotatable bonds is 4. The summed E-state index contributed by atoms with van der Waals surface area (Å²) in [5.41, 5.74) is 5.35. The van der Waals surface area contributed by atoms with Crippen LogP contribution in [0, 0.1) is 0 Å². The van der Waals surface area contributed by atoms with Gasteiger partial charge >= 0.3 is 0 Å². The normalized spacial score (nSPS) is 18.6. The first-order valence-corrected chi connectivity index (χ1v) is 5.48. The molecule has 1 heterocycles. The van der Waals surface area contributed by atoms with Crippen LogP contribution in [-0.2, 0) is 4.79 Å². The molecule has 0 atom stereocenters. The Kier molecular flexibility index (Phi) is 4.90. The van der Waals surface area contributed by atoms with Crippen LogP contribution in [0.2, 0.25) is 0 Å². The zero-order valence-corrected chi connectivity index (χ0v) is 9.04. The lowest BCUT2D eigenvalue weighted by atomic mass is 10.2. The van der Waals surface area contributed by atoms with Crippen molar-refractivity contribution in [2.75, 3.05) is 39.3 Å². The molecule has 0 aliphatic carbocycles. The van der Waals surface area contributed by atoms with Gasteiger partial charge in [-0.25, -0.2) is 0 Å². The second kappa shape index (κ2) is 5.98. The molecule has 0 bridgehead atoms. The molecule has 2 N–H and O–H groups in total. The molecule has 0 radical (unpaired) electrons. The number of carbonyl (C=O) groups is 1. The summed E-state index contributed by atoms with van der Waals surface area (Å²) in [6, 6.07) is 0. The fourth-order valence-electron chi connectivity index (χ4n) is 1.82. The zero-order chi connectivity index (χ0) is 10.4. The third kappa shape index (κ3) is 3.27. The summed E-state index contributed by atoms with van der Waals surface area (Å²) in [5, 5.41) is 0. The average molecular weight is 199 g/mol. The summed E-state index contributed by atoms with van der Waals surface area (Å²) in [5.74, 6) is 0.212. The summed E-state index contributed by atoms with van der Waals surface area (Å²) >= 11 is 0. The largest absolute Gasteiger partial charge is 0.340 e. The Bertz CT molecular complexity index is 176. The Morgan fingerprint density at radius 3 is 2.43 bits per heavy atom. The zero-order valence-electron chi connectivity index (χ0n) is 9.04. The van der Waals surface area contributed by atoms with Crippen LogP contribution in [-0.4, -0.2) is 55.0 Å². The number of hydrogen-bond donors (Lipinski definition) is 1. The van der Waals surface area contributed by atoms with Crippen molar-refractivity contribution >= 4 is 5.91 Å². The predicted molar refractivity (Wildman–Crippen MR) is 57.0 cm³/mol. The molecule has 0 aromatic rings. The van der Waals surface area contributed by atoms with Crippen LogP contribution in [0.4, 0.5) is 0 Å². The SMILES string of the molecule is CCCN1CCN(C(=O)CCN)CC1. The molecule has 14 heavy (non-hydrogen) atoms. The lowest BCUT2D eigenvalue weighted by Crippen LogP contribution is -2.49. The Balaban J connectivity index is 2.24. The van der Waals surface area contributed by atoms with E-state index < -0.39 is 0 Å². The van der Waals surface area contributed by atoms with Gasteiger partial charge in [0.1, 0.15) is 0 Å². The molecule has 0 spiro atoms. The molecule has 0 aromatic heterocycles. The highest BCUT2D eigenvalue weighted by atomic mass is 16.2. The van der Waals surface area contributed by atoms with Crippen molar-refractivity contribution in [2.45, 2.75) is 19.8 Å². The summed E-state index contributed by atoms with van der Waals surface area (Å²) in [4.78, 5) is 15.8. The van der Waals surface area contributed by atoms with Gasteiger partial charge in [0.15, 0.2) is 0 Å². The number of hydrogen-bond acceptors (Lipinski definition) is 3. The molecule has 0 unspecified atom stereocenters. The topological polar surface area (TPSA) is 49.6 Å². The lowest BCUT2D eigenvalue weighted by Gasteiger charge is -2.34. The van der Waals surface area contributed by atoms with Gasteiger partial charge in [0.25, 0.3) is 0 Å². The number of carbonyl (C=O) groups excluding carboxylic acids is 1. The van der Waals surface area contributed by atoms with Gasteiger partial charge in [0, 0.05) is 39.1 Å². The van der Waals surface area contributed by atoms with E-state index in [4.69, 9.17) is 5.73 Å². The van der Waals surface area contributed by atoms with Crippen molar-refractivity contribution in [1.82, 2.24) is 9.80 Å². The van der Waals surface area contributed by atoms with E-state index in [2.05, 4.69) is 11.8 Å². The monoisotopic (exact) mass is 199 g/mol. The minimum absolute atomic E-state index is 0.212. The molecule has 1 rings (SSSR count). The number of nitrogens with zero attached hydrogens (tertiary/aromatic N) is 2. The smallest absolute Gasteiger partial charge is 0.223 e. The third-order valence-corrected chi connectivity index (χ3v) is 2.62. The van der Waals surface area contributed by atoms with E-state index in [1.54, 1.807) is 0 Å². The number of piperazine rings is 1. The van der Waals surface area contributed by atoms with E-state index in [0.717, 1.165) is 32.7 Å². The van der Waals surface area contributed by atoms with Gasteiger partial charge in [-0.3, -0.25) is 9.69 Å². The first-order valence-electron chi connectivity index (χ1n) is 5.48. The van der Waals surface area contributed by atoms with Crippen molar-refractivity contribution in [3.8, 4) is 0 Å². The second-order valence-electron chi connectivity index (χ2n) is 3.76. The van der Waals surface area contributed by atoms with Crippen LogP contribution >= 0.6 is 0 Å². The maximum atomic E-state index is 11.5. The van der Waals surface area contributed by atoms with Crippen molar-refractivity contribution in [2.24, 2.45) is 5.73 Å². The molecule has 1 amide bonds. The molecular formula is C10H21N3O. The van der Waals surface area contributed by atoms with Crippen molar-refractivity contribution in [1.29, 1.82) is 0 Å². The van der Waals surface area contributed by atoms with E-state index in [1.807, 2.05) is 4.90 Å². The quantitative estimate of drug-likeness (QED) is 0.687. The minimum Gasteiger partial charge on any atom is -0.340 e. The lowest BCUT2D eigenvalue weighted by molar-refractivity contribution is -0.132. The highest BCUT2D eigenvalue weighted by molar-refractivity contribution is 5.76. The molecule has 0 aromatic carbocycles. The van der Waals surface area contributed by atoms with Crippen LogP contribution in [0.5, 0.6) is 0 Å². The van der Waals surface area contributed by atoms with Gasteiger partial charge in [0.05, 0.1) is 0 Å². The molecule has 1 aliphatic rings. The van der Waals surface area contributed by atoms with Crippen LogP contribution in [0.25, 0.3) is 0 Å². The van der Waals surface area contributed by atoms with Crippen LogP contribution < -0.4 is 5.73 Å². The van der Waals surface area contributed by atoms with Gasteiger partial charge in [-0.2, -0.15) is 0 Å². The highest BCUT2D eigenvalue weighted by Gasteiger charge is 2.19. The first kappa shape index (κ1) is 11.5. The molecule has 4 nitrogen and oxygen atoms in total. The fraction of sp³-hybridized carbons (Fsp3) is 0.900. The third-order valence-electron chi connectivity index (χ3n) is 2.62. The van der Waals surface area contributed by atoms with Gasteiger partial charge in [-0.15, -0.1) is 0 Å². The molecule has 1 aliphatic heterocycles.